The van der Waals surface area contributed by atoms with Gasteiger partial charge in [-0.1, -0.05) is 36.4 Å². The Balaban J connectivity index is 1.73. The number of aromatic nitrogens is 2. The van der Waals surface area contributed by atoms with E-state index in [1.165, 1.54) is 0 Å². The number of esters is 1. The summed E-state index contributed by atoms with van der Waals surface area (Å²) in [4.78, 5) is 22.2. The fourth-order valence-electron chi connectivity index (χ4n) is 3.45. The maximum Gasteiger partial charge on any atom is 0.343 e. The average Bonchev–Trinajstić information content (AvgIpc) is 2.80. The van der Waals surface area contributed by atoms with Gasteiger partial charge in [0.1, 0.15) is 16.8 Å². The third-order valence-corrected chi connectivity index (χ3v) is 4.96. The Kier molecular flexibility index (Phi) is 4.17. The summed E-state index contributed by atoms with van der Waals surface area (Å²) in [5, 5.41) is 12.2. The first-order valence-electron chi connectivity index (χ1n) is 9.32. The number of fused-ring (bicyclic) bond motifs is 4. The summed E-state index contributed by atoms with van der Waals surface area (Å²) in [6.45, 7) is 0. The molecule has 4 aromatic carbocycles. The molecule has 5 rings (SSSR count). The van der Waals surface area contributed by atoms with Crippen LogP contribution in [0.1, 0.15) is 10.4 Å². The van der Waals surface area contributed by atoms with Gasteiger partial charge in [-0.3, -0.25) is 0 Å². The number of phenols is 1. The number of aromatic hydroxyl groups is 1. The highest BCUT2D eigenvalue weighted by atomic mass is 16.5. The van der Waals surface area contributed by atoms with E-state index in [-0.39, 0.29) is 11.5 Å². The summed E-state index contributed by atoms with van der Waals surface area (Å²) in [6.07, 6.45) is 0. The average molecular weight is 396 g/mol. The van der Waals surface area contributed by atoms with Gasteiger partial charge in [-0.2, -0.15) is 0 Å². The molecule has 1 aromatic heterocycles. The highest BCUT2D eigenvalue weighted by molar-refractivity contribution is 6.12. The van der Waals surface area contributed by atoms with Crippen LogP contribution in [0.25, 0.3) is 32.8 Å². The van der Waals surface area contributed by atoms with Gasteiger partial charge in [-0.15, -0.1) is 0 Å². The summed E-state index contributed by atoms with van der Waals surface area (Å²) in [6, 6.07) is 21.2. The van der Waals surface area contributed by atoms with Gasteiger partial charge < -0.3 is 14.6 Å². The van der Waals surface area contributed by atoms with E-state index in [9.17, 15) is 9.90 Å². The quantitative estimate of drug-likeness (QED) is 0.203. The largest absolute Gasteiger partial charge is 0.504 e. The van der Waals surface area contributed by atoms with Crippen molar-refractivity contribution in [2.45, 2.75) is 0 Å². The smallest absolute Gasteiger partial charge is 0.343 e. The van der Waals surface area contributed by atoms with Crippen LogP contribution in [-0.2, 0) is 0 Å². The lowest BCUT2D eigenvalue weighted by molar-refractivity contribution is 0.0732. The monoisotopic (exact) mass is 396 g/mol. The second-order valence-electron chi connectivity index (χ2n) is 6.75. The number of rotatable bonds is 3. The van der Waals surface area contributed by atoms with E-state index in [2.05, 4.69) is 4.98 Å². The van der Waals surface area contributed by atoms with E-state index in [0.717, 1.165) is 5.39 Å². The summed E-state index contributed by atoms with van der Waals surface area (Å²) < 4.78 is 10.8. The van der Waals surface area contributed by atoms with Gasteiger partial charge in [0.2, 0.25) is 5.75 Å². The molecule has 0 aliphatic carbocycles. The number of hydrogen-bond donors (Lipinski definition) is 1. The number of ether oxygens (including phenoxy) is 2. The van der Waals surface area contributed by atoms with Crippen LogP contribution in [0.3, 0.4) is 0 Å². The highest BCUT2D eigenvalue weighted by Crippen LogP contribution is 2.42. The molecule has 0 fully saturated rings. The molecule has 0 aliphatic heterocycles. The van der Waals surface area contributed by atoms with Crippen molar-refractivity contribution in [1.82, 2.24) is 9.97 Å². The SMILES string of the molecule is COc1ccc(C(=O)Oc2c(O)c3ccccc3c3nc4ccccc4nc23)cc1. The molecule has 146 valence electrons. The van der Waals surface area contributed by atoms with Gasteiger partial charge in [-0.05, 0) is 36.4 Å². The Morgan fingerprint density at radius 2 is 1.40 bits per heavy atom. The zero-order valence-electron chi connectivity index (χ0n) is 16.0. The van der Waals surface area contributed by atoms with Crippen LogP contribution in [0, 0.1) is 0 Å². The van der Waals surface area contributed by atoms with E-state index < -0.39 is 5.97 Å². The first-order chi connectivity index (χ1) is 14.7. The van der Waals surface area contributed by atoms with Gasteiger partial charge in [0, 0.05) is 10.8 Å². The fourth-order valence-corrected chi connectivity index (χ4v) is 3.45. The number of carbonyl (C=O) groups is 1. The minimum absolute atomic E-state index is 0.0113. The van der Waals surface area contributed by atoms with Crippen LogP contribution >= 0.6 is 0 Å². The number of methoxy groups -OCH3 is 1. The van der Waals surface area contributed by atoms with Crippen LogP contribution in [0.4, 0.5) is 0 Å². The number of para-hydroxylation sites is 2. The van der Waals surface area contributed by atoms with Gasteiger partial charge in [0.05, 0.1) is 23.7 Å². The number of nitrogens with zero attached hydrogens (tertiary/aromatic N) is 2. The van der Waals surface area contributed by atoms with E-state index >= 15 is 0 Å². The summed E-state index contributed by atoms with van der Waals surface area (Å²) in [7, 11) is 1.55. The molecule has 0 saturated carbocycles. The first kappa shape index (κ1) is 17.9. The third kappa shape index (κ3) is 2.86. The second kappa shape index (κ2) is 7.00. The van der Waals surface area contributed by atoms with Gasteiger partial charge in [0.25, 0.3) is 0 Å². The molecule has 6 nitrogen and oxygen atoms in total. The summed E-state index contributed by atoms with van der Waals surface area (Å²) in [5.74, 6) is -0.144. The number of benzene rings is 4. The van der Waals surface area contributed by atoms with Crippen molar-refractivity contribution in [3.05, 3.63) is 78.4 Å². The molecular weight excluding hydrogens is 380 g/mol. The van der Waals surface area contributed by atoms with Crippen molar-refractivity contribution in [3.8, 4) is 17.2 Å². The van der Waals surface area contributed by atoms with Crippen molar-refractivity contribution in [2.75, 3.05) is 7.11 Å². The summed E-state index contributed by atoms with van der Waals surface area (Å²) in [5.41, 5.74) is 2.56. The molecule has 1 heterocycles. The predicted molar refractivity (Wildman–Crippen MR) is 114 cm³/mol. The van der Waals surface area contributed by atoms with E-state index in [1.807, 2.05) is 36.4 Å². The molecule has 0 atom stereocenters. The van der Waals surface area contributed by atoms with Crippen molar-refractivity contribution in [2.24, 2.45) is 0 Å². The molecule has 0 aliphatic rings. The Labute approximate surface area is 171 Å². The Morgan fingerprint density at radius 1 is 0.800 bits per heavy atom. The second-order valence-corrected chi connectivity index (χ2v) is 6.75. The summed E-state index contributed by atoms with van der Waals surface area (Å²) >= 11 is 0. The van der Waals surface area contributed by atoms with E-state index in [0.29, 0.717) is 38.8 Å². The Hall–Kier alpha value is -4.19. The van der Waals surface area contributed by atoms with Crippen molar-refractivity contribution >= 4 is 38.8 Å². The molecule has 30 heavy (non-hydrogen) atoms. The Bertz CT molecular complexity index is 1430. The zero-order valence-corrected chi connectivity index (χ0v) is 16.0. The molecule has 0 radical (unpaired) electrons. The third-order valence-electron chi connectivity index (χ3n) is 4.96. The van der Waals surface area contributed by atoms with Gasteiger partial charge >= 0.3 is 5.97 Å². The molecular formula is C24H16N2O4. The minimum atomic E-state index is -0.612. The van der Waals surface area contributed by atoms with Gasteiger partial charge in [-0.25, -0.2) is 14.8 Å². The molecule has 0 unspecified atom stereocenters. The number of phenolic OH excluding ortho intramolecular Hbond substituents is 1. The molecule has 5 aromatic rings. The molecule has 0 amide bonds. The fraction of sp³-hybridized carbons (Fsp3) is 0.0417. The normalized spacial score (nSPS) is 11.1. The highest BCUT2D eigenvalue weighted by Gasteiger charge is 2.21. The maximum atomic E-state index is 12.8. The van der Waals surface area contributed by atoms with Crippen LogP contribution in [0.5, 0.6) is 17.2 Å². The maximum absolute atomic E-state index is 12.8. The number of carbonyl (C=O) groups excluding carboxylic acids is 1. The van der Waals surface area contributed by atoms with Crippen molar-refractivity contribution in [1.29, 1.82) is 0 Å². The standard InChI is InChI=1S/C24H16N2O4/c1-29-15-12-10-14(11-13-15)24(28)30-23-21-20(16-6-2-3-7-17(16)22(23)27)25-18-8-4-5-9-19(18)26-21/h2-13,27H,1H3. The van der Waals surface area contributed by atoms with Crippen LogP contribution in [0.15, 0.2) is 72.8 Å². The predicted octanol–water partition coefficient (Wildman–Crippen LogP) is 4.87. The van der Waals surface area contributed by atoms with Crippen LogP contribution in [0.2, 0.25) is 0 Å². The molecule has 0 bridgehead atoms. The minimum Gasteiger partial charge on any atom is -0.504 e. The van der Waals surface area contributed by atoms with Gasteiger partial charge in [0.15, 0.2) is 5.75 Å². The topological polar surface area (TPSA) is 81.5 Å². The lowest BCUT2D eigenvalue weighted by atomic mass is 10.1. The van der Waals surface area contributed by atoms with E-state index in [1.54, 1.807) is 43.5 Å². The first-order valence-corrected chi connectivity index (χ1v) is 9.32. The molecule has 0 spiro atoms. The van der Waals surface area contributed by atoms with Crippen molar-refractivity contribution < 1.29 is 19.4 Å². The molecule has 1 N–H and O–H groups in total. The van der Waals surface area contributed by atoms with Crippen molar-refractivity contribution in [3.63, 3.8) is 0 Å². The van der Waals surface area contributed by atoms with E-state index in [4.69, 9.17) is 14.5 Å². The molecule has 0 saturated heterocycles. The number of hydrogen-bond acceptors (Lipinski definition) is 6. The lowest BCUT2D eigenvalue weighted by Crippen LogP contribution is -2.09. The Morgan fingerprint density at radius 3 is 2.07 bits per heavy atom. The van der Waals surface area contributed by atoms with Crippen LogP contribution < -0.4 is 9.47 Å². The van der Waals surface area contributed by atoms with Crippen LogP contribution in [-0.4, -0.2) is 28.2 Å². The molecule has 6 heteroatoms. The zero-order chi connectivity index (χ0) is 20.7. The lowest BCUT2D eigenvalue weighted by Gasteiger charge is -2.13.